The molecule has 0 spiro atoms. The summed E-state index contributed by atoms with van der Waals surface area (Å²) < 4.78 is 34.5. The molecule has 170 valence electrons. The highest BCUT2D eigenvalue weighted by Crippen LogP contribution is 2.29. The molecule has 1 aromatic heterocycles. The van der Waals surface area contributed by atoms with Crippen LogP contribution < -0.4 is 5.43 Å². The molecule has 0 aliphatic heterocycles. The highest BCUT2D eigenvalue weighted by molar-refractivity contribution is 7.89. The minimum atomic E-state index is -3.93. The zero-order chi connectivity index (χ0) is 23.2. The number of methoxy groups -OCH3 is 1. The van der Waals surface area contributed by atoms with Crippen LogP contribution in [0, 0.1) is 24.0 Å². The summed E-state index contributed by atoms with van der Waals surface area (Å²) in [5, 5.41) is 15.4. The topological polar surface area (TPSA) is 119 Å². The summed E-state index contributed by atoms with van der Waals surface area (Å²) in [5.74, 6) is 0. The summed E-state index contributed by atoms with van der Waals surface area (Å²) >= 11 is 0. The number of nitro groups is 1. The van der Waals surface area contributed by atoms with E-state index in [4.69, 9.17) is 4.74 Å². The van der Waals surface area contributed by atoms with Crippen molar-refractivity contribution in [2.75, 3.05) is 32.2 Å². The Morgan fingerprint density at radius 1 is 1.26 bits per heavy atom. The lowest BCUT2D eigenvalue weighted by Gasteiger charge is -2.20. The molecule has 11 heteroatoms. The van der Waals surface area contributed by atoms with Crippen molar-refractivity contribution in [2.45, 2.75) is 39.1 Å². The van der Waals surface area contributed by atoms with Crippen molar-refractivity contribution in [2.24, 2.45) is 5.10 Å². The van der Waals surface area contributed by atoms with E-state index in [-0.39, 0.29) is 29.4 Å². The molecule has 10 nitrogen and oxygen atoms in total. The quantitative estimate of drug-likeness (QED) is 0.318. The van der Waals surface area contributed by atoms with Gasteiger partial charge in [0, 0.05) is 55.8 Å². The van der Waals surface area contributed by atoms with Crippen LogP contribution in [0.15, 0.2) is 34.3 Å². The molecule has 1 N–H and O–H groups in total. The Hall–Kier alpha value is -2.76. The number of nitro benzene ring substituents is 1. The average molecular weight is 452 g/mol. The van der Waals surface area contributed by atoms with Crippen LogP contribution in [-0.4, -0.2) is 55.2 Å². The molecular weight excluding hydrogens is 422 g/mol. The third-order valence-electron chi connectivity index (χ3n) is 5.02. The second-order valence-electron chi connectivity index (χ2n) is 6.87. The van der Waals surface area contributed by atoms with Crippen LogP contribution in [0.5, 0.6) is 0 Å². The number of ether oxygens (including phenoxy) is 1. The molecule has 0 atom stereocenters. The van der Waals surface area contributed by atoms with E-state index < -0.39 is 14.9 Å². The second-order valence-corrected chi connectivity index (χ2v) is 8.77. The van der Waals surface area contributed by atoms with Crippen molar-refractivity contribution < 1.29 is 18.1 Å². The number of aromatic nitrogens is 1. The average Bonchev–Trinajstić information content (AvgIpc) is 2.99. The SMILES string of the molecule is CCN(CC)S(=O)(=O)c1cc([N+](=O)[O-])ccc1N/N=C\c1cc(C)n(CCOC)c1C. The molecule has 2 rings (SSSR count). The summed E-state index contributed by atoms with van der Waals surface area (Å²) in [6.45, 7) is 9.16. The Morgan fingerprint density at radius 3 is 2.52 bits per heavy atom. The molecule has 0 amide bonds. The van der Waals surface area contributed by atoms with E-state index in [0.717, 1.165) is 23.0 Å². The van der Waals surface area contributed by atoms with Gasteiger partial charge in [-0.1, -0.05) is 13.8 Å². The van der Waals surface area contributed by atoms with Crippen LogP contribution in [0.4, 0.5) is 11.4 Å². The van der Waals surface area contributed by atoms with Crippen molar-refractivity contribution in [1.82, 2.24) is 8.87 Å². The fraction of sp³-hybridized carbons (Fsp3) is 0.450. The first-order valence-electron chi connectivity index (χ1n) is 9.90. The van der Waals surface area contributed by atoms with Crippen LogP contribution in [0.25, 0.3) is 0 Å². The van der Waals surface area contributed by atoms with E-state index >= 15 is 0 Å². The zero-order valence-electron chi connectivity index (χ0n) is 18.5. The number of hydrogen-bond acceptors (Lipinski definition) is 7. The number of sulfonamides is 1. The van der Waals surface area contributed by atoms with E-state index in [9.17, 15) is 18.5 Å². The van der Waals surface area contributed by atoms with E-state index in [0.29, 0.717) is 13.2 Å². The van der Waals surface area contributed by atoms with Crippen molar-refractivity contribution in [3.8, 4) is 0 Å². The van der Waals surface area contributed by atoms with Gasteiger partial charge >= 0.3 is 0 Å². The molecule has 2 aromatic rings. The molecule has 0 fully saturated rings. The van der Waals surface area contributed by atoms with Crippen molar-refractivity contribution in [1.29, 1.82) is 0 Å². The van der Waals surface area contributed by atoms with Crippen molar-refractivity contribution in [3.05, 3.63) is 51.3 Å². The molecule has 1 heterocycles. The number of nitrogens with zero attached hydrogens (tertiary/aromatic N) is 4. The molecule has 0 bridgehead atoms. The second kappa shape index (κ2) is 10.5. The first kappa shape index (κ1) is 24.5. The van der Waals surface area contributed by atoms with Crippen LogP contribution >= 0.6 is 0 Å². The van der Waals surface area contributed by atoms with Gasteiger partial charge in [-0.25, -0.2) is 8.42 Å². The Morgan fingerprint density at radius 2 is 1.94 bits per heavy atom. The van der Waals surface area contributed by atoms with Gasteiger partial charge in [0.2, 0.25) is 10.0 Å². The Balaban J connectivity index is 2.39. The van der Waals surface area contributed by atoms with E-state index in [1.165, 1.54) is 16.4 Å². The van der Waals surface area contributed by atoms with Gasteiger partial charge in [-0.15, -0.1) is 0 Å². The fourth-order valence-corrected chi connectivity index (χ4v) is 4.91. The van der Waals surface area contributed by atoms with E-state index in [2.05, 4.69) is 15.1 Å². The molecule has 0 saturated heterocycles. The van der Waals surface area contributed by atoms with E-state index in [1.54, 1.807) is 27.2 Å². The summed E-state index contributed by atoms with van der Waals surface area (Å²) in [4.78, 5) is 10.4. The zero-order valence-corrected chi connectivity index (χ0v) is 19.3. The molecule has 31 heavy (non-hydrogen) atoms. The predicted octanol–water partition coefficient (Wildman–Crippen LogP) is 3.14. The standard InChI is InChI=1S/C20H29N5O5S/c1-6-23(7-2)31(28,29)20-13-18(25(26)27)8-9-19(20)22-21-14-17-12-15(3)24(16(17)4)10-11-30-5/h8-9,12-14,22H,6-7,10-11H2,1-5H3/b21-14-. The molecule has 0 unspecified atom stereocenters. The van der Waals surface area contributed by atoms with Gasteiger partial charge in [-0.2, -0.15) is 9.41 Å². The van der Waals surface area contributed by atoms with E-state index in [1.807, 2.05) is 19.9 Å². The van der Waals surface area contributed by atoms with Gasteiger partial charge in [0.1, 0.15) is 4.90 Å². The van der Waals surface area contributed by atoms with Gasteiger partial charge in [0.25, 0.3) is 5.69 Å². The number of hydrogen-bond donors (Lipinski definition) is 1. The predicted molar refractivity (Wildman–Crippen MR) is 120 cm³/mol. The Bertz CT molecular complexity index is 1060. The molecule has 0 aliphatic carbocycles. The normalized spacial score (nSPS) is 12.1. The lowest BCUT2D eigenvalue weighted by Crippen LogP contribution is -2.31. The molecule has 0 radical (unpaired) electrons. The van der Waals surface area contributed by atoms with Crippen LogP contribution in [0.3, 0.4) is 0 Å². The van der Waals surface area contributed by atoms with Crippen LogP contribution in [0.2, 0.25) is 0 Å². The number of nitrogens with one attached hydrogen (secondary N) is 1. The lowest BCUT2D eigenvalue weighted by molar-refractivity contribution is -0.385. The smallest absolute Gasteiger partial charge is 0.270 e. The van der Waals surface area contributed by atoms with Gasteiger partial charge < -0.3 is 9.30 Å². The Kier molecular flexibility index (Phi) is 8.31. The minimum absolute atomic E-state index is 0.168. The van der Waals surface area contributed by atoms with Crippen LogP contribution in [-0.2, 0) is 21.3 Å². The lowest BCUT2D eigenvalue weighted by atomic mass is 10.2. The largest absolute Gasteiger partial charge is 0.383 e. The third-order valence-corrected chi connectivity index (χ3v) is 7.11. The maximum atomic E-state index is 13.0. The molecule has 1 aromatic carbocycles. The van der Waals surface area contributed by atoms with Crippen LogP contribution in [0.1, 0.15) is 30.8 Å². The maximum absolute atomic E-state index is 13.0. The fourth-order valence-electron chi connectivity index (χ4n) is 3.29. The Labute approximate surface area is 182 Å². The van der Waals surface area contributed by atoms with Gasteiger partial charge in [-0.05, 0) is 26.0 Å². The number of rotatable bonds is 11. The number of aryl methyl sites for hydroxylation is 1. The monoisotopic (exact) mass is 451 g/mol. The molecule has 0 saturated carbocycles. The molecule has 0 aliphatic rings. The number of benzene rings is 1. The summed E-state index contributed by atoms with van der Waals surface area (Å²) in [6, 6.07) is 5.63. The number of anilines is 1. The highest BCUT2D eigenvalue weighted by Gasteiger charge is 2.27. The van der Waals surface area contributed by atoms with Crippen molar-refractivity contribution in [3.63, 3.8) is 0 Å². The van der Waals surface area contributed by atoms with Gasteiger partial charge in [0.15, 0.2) is 0 Å². The number of non-ortho nitro benzene ring substituents is 1. The van der Waals surface area contributed by atoms with Gasteiger partial charge in [0.05, 0.1) is 23.4 Å². The summed E-state index contributed by atoms with van der Waals surface area (Å²) in [6.07, 6.45) is 1.60. The number of hydrazone groups is 1. The maximum Gasteiger partial charge on any atom is 0.270 e. The first-order valence-corrected chi connectivity index (χ1v) is 11.3. The van der Waals surface area contributed by atoms with Gasteiger partial charge in [-0.3, -0.25) is 15.5 Å². The summed E-state index contributed by atoms with van der Waals surface area (Å²) in [7, 11) is -2.28. The first-order chi connectivity index (χ1) is 14.7. The highest BCUT2D eigenvalue weighted by atomic mass is 32.2. The van der Waals surface area contributed by atoms with Crippen molar-refractivity contribution >= 4 is 27.6 Å². The third kappa shape index (κ3) is 5.49. The summed E-state index contributed by atoms with van der Waals surface area (Å²) in [5.41, 5.74) is 5.53. The molecular formula is C20H29N5O5S. The minimum Gasteiger partial charge on any atom is -0.383 e.